The second-order valence-corrected chi connectivity index (χ2v) is 5.52. The molecular formula is C19H22N2O4. The molecule has 0 aromatic heterocycles. The summed E-state index contributed by atoms with van der Waals surface area (Å²) >= 11 is 0. The zero-order valence-electron chi connectivity index (χ0n) is 14.4. The smallest absolute Gasteiger partial charge is 0.338 e. The molecule has 0 aliphatic rings. The molecule has 0 unspecified atom stereocenters. The summed E-state index contributed by atoms with van der Waals surface area (Å²) in [6, 6.07) is 13.9. The van der Waals surface area contributed by atoms with Crippen molar-refractivity contribution in [3.8, 4) is 5.75 Å². The Bertz CT molecular complexity index is 711. The number of hydrogen-bond donors (Lipinski definition) is 1. The number of carbonyl (C=O) groups is 2. The Hall–Kier alpha value is -3.02. The topological polar surface area (TPSA) is 81.9 Å². The Balaban J connectivity index is 1.83. The summed E-state index contributed by atoms with van der Waals surface area (Å²) in [6.07, 6.45) is 0. The summed E-state index contributed by atoms with van der Waals surface area (Å²) in [5.41, 5.74) is 7.45. The maximum Gasteiger partial charge on any atom is 0.338 e. The van der Waals surface area contributed by atoms with E-state index in [2.05, 4.69) is 0 Å². The minimum absolute atomic E-state index is 0.280. The van der Waals surface area contributed by atoms with Crippen molar-refractivity contribution in [2.45, 2.75) is 13.5 Å². The van der Waals surface area contributed by atoms with Crippen LogP contribution in [0.15, 0.2) is 48.5 Å². The van der Waals surface area contributed by atoms with Gasteiger partial charge in [0.2, 0.25) is 0 Å². The molecule has 0 bridgehead atoms. The van der Waals surface area contributed by atoms with Gasteiger partial charge in [0, 0.05) is 19.3 Å². The standard InChI is InChI=1S/C19H22N2O4/c1-3-24-17-10-4-14(5-11-17)12-21(2)18(22)13-25-19(23)15-6-8-16(20)9-7-15/h4-11H,3,12-13,20H2,1-2H3. The SMILES string of the molecule is CCOc1ccc(CN(C)C(=O)COC(=O)c2ccc(N)cc2)cc1. The quantitative estimate of drug-likeness (QED) is 0.617. The van der Waals surface area contributed by atoms with Gasteiger partial charge >= 0.3 is 5.97 Å². The normalized spacial score (nSPS) is 10.2. The summed E-state index contributed by atoms with van der Waals surface area (Å²) in [5.74, 6) is -0.0434. The lowest BCUT2D eigenvalue weighted by molar-refractivity contribution is -0.133. The van der Waals surface area contributed by atoms with E-state index in [1.54, 1.807) is 31.3 Å². The second-order valence-electron chi connectivity index (χ2n) is 5.52. The average Bonchev–Trinajstić information content (AvgIpc) is 2.61. The maximum absolute atomic E-state index is 12.1. The highest BCUT2D eigenvalue weighted by molar-refractivity contribution is 5.91. The van der Waals surface area contributed by atoms with E-state index in [1.807, 2.05) is 31.2 Å². The van der Waals surface area contributed by atoms with E-state index in [9.17, 15) is 9.59 Å². The number of nitrogens with zero attached hydrogens (tertiary/aromatic N) is 1. The largest absolute Gasteiger partial charge is 0.494 e. The molecule has 6 heteroatoms. The minimum Gasteiger partial charge on any atom is -0.494 e. The van der Waals surface area contributed by atoms with Crippen LogP contribution in [0.4, 0.5) is 5.69 Å². The van der Waals surface area contributed by atoms with E-state index in [4.69, 9.17) is 15.2 Å². The van der Waals surface area contributed by atoms with Crippen molar-refractivity contribution in [2.24, 2.45) is 0 Å². The van der Waals surface area contributed by atoms with Crippen molar-refractivity contribution < 1.29 is 19.1 Å². The third-order valence-electron chi connectivity index (χ3n) is 3.55. The monoisotopic (exact) mass is 342 g/mol. The van der Waals surface area contributed by atoms with E-state index in [0.29, 0.717) is 24.4 Å². The summed E-state index contributed by atoms with van der Waals surface area (Å²) in [4.78, 5) is 25.5. The fraction of sp³-hybridized carbons (Fsp3) is 0.263. The van der Waals surface area contributed by atoms with E-state index in [1.165, 1.54) is 4.90 Å². The van der Waals surface area contributed by atoms with Gasteiger partial charge in [0.05, 0.1) is 12.2 Å². The highest BCUT2D eigenvalue weighted by Crippen LogP contribution is 2.13. The second kappa shape index (κ2) is 8.73. The Labute approximate surface area is 147 Å². The van der Waals surface area contributed by atoms with Crippen LogP contribution in [0.2, 0.25) is 0 Å². The Kier molecular flexibility index (Phi) is 6.39. The molecule has 132 valence electrons. The van der Waals surface area contributed by atoms with Crippen molar-refractivity contribution in [3.63, 3.8) is 0 Å². The number of carbonyl (C=O) groups excluding carboxylic acids is 2. The van der Waals surface area contributed by atoms with Crippen LogP contribution in [-0.4, -0.2) is 37.0 Å². The molecule has 0 heterocycles. The van der Waals surface area contributed by atoms with Gasteiger partial charge < -0.3 is 20.1 Å². The van der Waals surface area contributed by atoms with Gasteiger partial charge in [-0.1, -0.05) is 12.1 Å². The summed E-state index contributed by atoms with van der Waals surface area (Å²) < 4.78 is 10.4. The van der Waals surface area contributed by atoms with Crippen molar-refractivity contribution >= 4 is 17.6 Å². The number of benzene rings is 2. The first-order valence-corrected chi connectivity index (χ1v) is 7.98. The Morgan fingerprint density at radius 3 is 2.28 bits per heavy atom. The molecule has 2 aromatic carbocycles. The van der Waals surface area contributed by atoms with Crippen LogP contribution >= 0.6 is 0 Å². The van der Waals surface area contributed by atoms with Crippen molar-refractivity contribution in [2.75, 3.05) is 26.0 Å². The molecule has 2 rings (SSSR count). The Morgan fingerprint density at radius 1 is 1.04 bits per heavy atom. The zero-order chi connectivity index (χ0) is 18.2. The highest BCUT2D eigenvalue weighted by atomic mass is 16.5. The lowest BCUT2D eigenvalue weighted by Crippen LogP contribution is -2.30. The molecule has 2 aromatic rings. The van der Waals surface area contributed by atoms with Gasteiger partial charge in [0.25, 0.3) is 5.91 Å². The van der Waals surface area contributed by atoms with Crippen molar-refractivity contribution in [1.29, 1.82) is 0 Å². The average molecular weight is 342 g/mol. The number of rotatable bonds is 7. The van der Waals surface area contributed by atoms with Gasteiger partial charge in [0.15, 0.2) is 6.61 Å². The first kappa shape index (κ1) is 18.3. The van der Waals surface area contributed by atoms with Crippen molar-refractivity contribution in [1.82, 2.24) is 4.90 Å². The first-order valence-electron chi connectivity index (χ1n) is 7.98. The van der Waals surface area contributed by atoms with Gasteiger partial charge in [0.1, 0.15) is 5.75 Å². The van der Waals surface area contributed by atoms with Crippen LogP contribution < -0.4 is 10.5 Å². The van der Waals surface area contributed by atoms with E-state index in [-0.39, 0.29) is 12.5 Å². The van der Waals surface area contributed by atoms with Gasteiger partial charge in [-0.2, -0.15) is 0 Å². The molecule has 6 nitrogen and oxygen atoms in total. The predicted molar refractivity (Wildman–Crippen MR) is 95.2 cm³/mol. The number of hydrogen-bond acceptors (Lipinski definition) is 5. The highest BCUT2D eigenvalue weighted by Gasteiger charge is 2.14. The number of esters is 1. The molecular weight excluding hydrogens is 320 g/mol. The van der Waals surface area contributed by atoms with E-state index < -0.39 is 5.97 Å². The fourth-order valence-corrected chi connectivity index (χ4v) is 2.16. The lowest BCUT2D eigenvalue weighted by Gasteiger charge is -2.17. The molecule has 0 saturated heterocycles. The molecule has 0 atom stereocenters. The van der Waals surface area contributed by atoms with Crippen LogP contribution in [0.3, 0.4) is 0 Å². The molecule has 2 N–H and O–H groups in total. The number of ether oxygens (including phenoxy) is 2. The number of anilines is 1. The zero-order valence-corrected chi connectivity index (χ0v) is 14.4. The molecule has 0 spiro atoms. The van der Waals surface area contributed by atoms with E-state index in [0.717, 1.165) is 11.3 Å². The van der Waals surface area contributed by atoms with Crippen LogP contribution in [0.1, 0.15) is 22.8 Å². The number of nitrogen functional groups attached to an aromatic ring is 1. The number of amides is 1. The molecule has 0 aliphatic heterocycles. The summed E-state index contributed by atoms with van der Waals surface area (Å²) in [7, 11) is 1.66. The van der Waals surface area contributed by atoms with Crippen LogP contribution in [0.5, 0.6) is 5.75 Å². The summed E-state index contributed by atoms with van der Waals surface area (Å²) in [5, 5.41) is 0. The van der Waals surface area contributed by atoms with Crippen LogP contribution in [0, 0.1) is 0 Å². The molecule has 0 radical (unpaired) electrons. The Morgan fingerprint density at radius 2 is 1.68 bits per heavy atom. The predicted octanol–water partition coefficient (Wildman–Crippen LogP) is 2.48. The van der Waals surface area contributed by atoms with Crippen LogP contribution in [-0.2, 0) is 16.1 Å². The van der Waals surface area contributed by atoms with Gasteiger partial charge in [-0.25, -0.2) is 4.79 Å². The molecule has 25 heavy (non-hydrogen) atoms. The third-order valence-corrected chi connectivity index (χ3v) is 3.55. The summed E-state index contributed by atoms with van der Waals surface area (Å²) in [6.45, 7) is 2.64. The molecule has 1 amide bonds. The van der Waals surface area contributed by atoms with Gasteiger partial charge in [-0.05, 0) is 48.9 Å². The van der Waals surface area contributed by atoms with Gasteiger partial charge in [-0.3, -0.25) is 4.79 Å². The molecule has 0 saturated carbocycles. The lowest BCUT2D eigenvalue weighted by atomic mass is 10.2. The maximum atomic E-state index is 12.1. The number of likely N-dealkylation sites (N-methyl/N-ethyl adjacent to an activating group) is 1. The first-order chi connectivity index (χ1) is 12.0. The molecule has 0 aliphatic carbocycles. The minimum atomic E-state index is -0.553. The van der Waals surface area contributed by atoms with E-state index >= 15 is 0 Å². The third kappa shape index (κ3) is 5.53. The molecule has 0 fully saturated rings. The van der Waals surface area contributed by atoms with Crippen molar-refractivity contribution in [3.05, 3.63) is 59.7 Å². The number of nitrogens with two attached hydrogens (primary N) is 1. The van der Waals surface area contributed by atoms with Crippen LogP contribution in [0.25, 0.3) is 0 Å². The fourth-order valence-electron chi connectivity index (χ4n) is 2.16. The van der Waals surface area contributed by atoms with Gasteiger partial charge in [-0.15, -0.1) is 0 Å².